The zero-order valence-electron chi connectivity index (χ0n) is 14.5. The van der Waals surface area contributed by atoms with Crippen LogP contribution in [0.2, 0.25) is 0 Å². The highest BCUT2D eigenvalue weighted by Crippen LogP contribution is 2.27. The Kier molecular flexibility index (Phi) is 4.20. The summed E-state index contributed by atoms with van der Waals surface area (Å²) in [5.41, 5.74) is 4.60. The summed E-state index contributed by atoms with van der Waals surface area (Å²) in [5.74, 6) is 0.663. The minimum Gasteiger partial charge on any atom is -0.269 e. The van der Waals surface area contributed by atoms with Crippen molar-refractivity contribution in [2.24, 2.45) is 0 Å². The molecule has 0 aliphatic heterocycles. The molecule has 0 aliphatic rings. The number of aromatic nitrogens is 2. The third-order valence-electron chi connectivity index (χ3n) is 4.40. The van der Waals surface area contributed by atoms with Gasteiger partial charge in [-0.3, -0.25) is 9.36 Å². The van der Waals surface area contributed by atoms with Gasteiger partial charge in [0.25, 0.3) is 5.56 Å². The van der Waals surface area contributed by atoms with E-state index in [4.69, 9.17) is 0 Å². The van der Waals surface area contributed by atoms with Crippen molar-refractivity contribution in [2.45, 2.75) is 6.92 Å². The molecule has 3 heteroatoms. The Bertz CT molecular complexity index is 1100. The molecule has 2 heterocycles. The van der Waals surface area contributed by atoms with Crippen molar-refractivity contribution in [1.29, 1.82) is 0 Å². The van der Waals surface area contributed by atoms with Crippen LogP contribution in [0.4, 0.5) is 0 Å². The molecule has 26 heavy (non-hydrogen) atoms. The van der Waals surface area contributed by atoms with Crippen LogP contribution in [0.15, 0.2) is 95.9 Å². The van der Waals surface area contributed by atoms with Gasteiger partial charge >= 0.3 is 0 Å². The Morgan fingerprint density at radius 3 is 2.04 bits per heavy atom. The van der Waals surface area contributed by atoms with E-state index in [9.17, 15) is 4.79 Å². The van der Waals surface area contributed by atoms with Crippen LogP contribution in [0.5, 0.6) is 0 Å². The molecule has 0 spiro atoms. The third-order valence-corrected chi connectivity index (χ3v) is 4.40. The van der Waals surface area contributed by atoms with Crippen molar-refractivity contribution < 1.29 is 0 Å². The minimum absolute atomic E-state index is 0.0907. The number of hydrogen-bond acceptors (Lipinski definition) is 2. The lowest BCUT2D eigenvalue weighted by Gasteiger charge is -2.16. The highest BCUT2D eigenvalue weighted by Gasteiger charge is 2.14. The van der Waals surface area contributed by atoms with Crippen molar-refractivity contribution >= 4 is 0 Å². The summed E-state index contributed by atoms with van der Waals surface area (Å²) >= 11 is 0. The first-order valence-electron chi connectivity index (χ1n) is 8.54. The lowest BCUT2D eigenvalue weighted by Crippen LogP contribution is -2.21. The van der Waals surface area contributed by atoms with E-state index < -0.39 is 0 Å². The van der Waals surface area contributed by atoms with Gasteiger partial charge in [-0.2, -0.15) is 0 Å². The van der Waals surface area contributed by atoms with Crippen LogP contribution in [0.1, 0.15) is 5.56 Å². The van der Waals surface area contributed by atoms with Crippen LogP contribution >= 0.6 is 0 Å². The quantitative estimate of drug-likeness (QED) is 0.534. The van der Waals surface area contributed by atoms with Crippen molar-refractivity contribution in [2.75, 3.05) is 0 Å². The molecule has 0 saturated heterocycles. The topological polar surface area (TPSA) is 34.9 Å². The first kappa shape index (κ1) is 16.0. The largest absolute Gasteiger partial charge is 0.269 e. The Labute approximate surface area is 152 Å². The Morgan fingerprint density at radius 2 is 1.38 bits per heavy atom. The zero-order chi connectivity index (χ0) is 17.9. The summed E-state index contributed by atoms with van der Waals surface area (Å²) in [7, 11) is 0. The van der Waals surface area contributed by atoms with Crippen LogP contribution in [0.3, 0.4) is 0 Å². The second kappa shape index (κ2) is 6.81. The van der Waals surface area contributed by atoms with E-state index in [1.54, 1.807) is 16.8 Å². The molecule has 0 amide bonds. The predicted molar refractivity (Wildman–Crippen MR) is 105 cm³/mol. The molecule has 3 nitrogen and oxygen atoms in total. The van der Waals surface area contributed by atoms with Crippen LogP contribution in [0, 0.1) is 6.92 Å². The van der Waals surface area contributed by atoms with E-state index in [1.807, 2.05) is 79.7 Å². The Balaban J connectivity index is 2.03. The summed E-state index contributed by atoms with van der Waals surface area (Å²) in [6.45, 7) is 1.97. The fraction of sp³-hybridized carbons (Fsp3) is 0.0435. The van der Waals surface area contributed by atoms with E-state index in [2.05, 4.69) is 11.1 Å². The number of pyridine rings is 2. The highest BCUT2D eigenvalue weighted by molar-refractivity contribution is 5.72. The molecule has 0 saturated carbocycles. The minimum atomic E-state index is -0.0907. The van der Waals surface area contributed by atoms with Gasteiger partial charge in [0.2, 0.25) is 0 Å². The van der Waals surface area contributed by atoms with Crippen molar-refractivity contribution in [3.05, 3.63) is 107 Å². The van der Waals surface area contributed by atoms with Gasteiger partial charge in [-0.15, -0.1) is 0 Å². The van der Waals surface area contributed by atoms with E-state index in [0.717, 1.165) is 27.9 Å². The van der Waals surface area contributed by atoms with Crippen molar-refractivity contribution in [3.63, 3.8) is 0 Å². The smallest absolute Gasteiger partial charge is 0.257 e. The average molecular weight is 338 g/mol. The van der Waals surface area contributed by atoms with Crippen molar-refractivity contribution in [1.82, 2.24) is 9.55 Å². The molecule has 0 N–H and O–H groups in total. The van der Waals surface area contributed by atoms with E-state index in [-0.39, 0.29) is 5.56 Å². The van der Waals surface area contributed by atoms with Gasteiger partial charge in [-0.05, 0) is 41.3 Å². The number of benzene rings is 2. The molecule has 0 aliphatic carbocycles. The molecular weight excluding hydrogens is 320 g/mol. The summed E-state index contributed by atoms with van der Waals surface area (Å²) in [6.07, 6.45) is 1.72. The van der Waals surface area contributed by atoms with Crippen LogP contribution in [-0.2, 0) is 0 Å². The molecule has 0 atom stereocenters. The standard InChI is InChI=1S/C23H18N2O/c1-17-9-8-14-24-23(17)25-21(19-12-6-3-7-13-19)15-20(16-22(25)26)18-10-4-2-5-11-18/h2-16H,1H3. The zero-order valence-corrected chi connectivity index (χ0v) is 14.5. The molecule has 4 rings (SSSR count). The molecule has 0 fully saturated rings. The number of nitrogens with zero attached hydrogens (tertiary/aromatic N) is 2. The van der Waals surface area contributed by atoms with E-state index >= 15 is 0 Å². The van der Waals surface area contributed by atoms with Gasteiger partial charge in [-0.25, -0.2) is 4.98 Å². The van der Waals surface area contributed by atoms with Gasteiger partial charge in [0.05, 0.1) is 5.69 Å². The number of rotatable bonds is 3. The first-order chi connectivity index (χ1) is 12.7. The van der Waals surface area contributed by atoms with Gasteiger partial charge in [-0.1, -0.05) is 66.7 Å². The number of aryl methyl sites for hydroxylation is 1. The van der Waals surface area contributed by atoms with E-state index in [0.29, 0.717) is 5.82 Å². The molecule has 2 aromatic carbocycles. The molecular formula is C23H18N2O. The fourth-order valence-corrected chi connectivity index (χ4v) is 3.12. The Morgan fingerprint density at radius 1 is 0.731 bits per heavy atom. The normalized spacial score (nSPS) is 10.7. The SMILES string of the molecule is Cc1cccnc1-n1c(-c2ccccc2)cc(-c2ccccc2)cc1=O. The maximum Gasteiger partial charge on any atom is 0.257 e. The maximum absolute atomic E-state index is 13.1. The van der Waals surface area contributed by atoms with E-state index in [1.165, 1.54) is 0 Å². The Hall–Kier alpha value is -3.46. The molecule has 0 unspecified atom stereocenters. The predicted octanol–water partition coefficient (Wildman–Crippen LogP) is 4.87. The van der Waals surface area contributed by atoms with Crippen LogP contribution in [0.25, 0.3) is 28.2 Å². The van der Waals surface area contributed by atoms with Gasteiger partial charge in [0.15, 0.2) is 0 Å². The third kappa shape index (κ3) is 2.95. The fourth-order valence-electron chi connectivity index (χ4n) is 3.12. The molecule has 2 aromatic heterocycles. The second-order valence-corrected chi connectivity index (χ2v) is 6.18. The summed E-state index contributed by atoms with van der Waals surface area (Å²) in [4.78, 5) is 17.5. The monoisotopic (exact) mass is 338 g/mol. The average Bonchev–Trinajstić information content (AvgIpc) is 2.69. The molecule has 0 radical (unpaired) electrons. The van der Waals surface area contributed by atoms with Gasteiger partial charge < -0.3 is 0 Å². The summed E-state index contributed by atoms with van der Waals surface area (Å²) in [6, 6.07) is 27.5. The summed E-state index contributed by atoms with van der Waals surface area (Å²) in [5, 5.41) is 0. The first-order valence-corrected chi connectivity index (χ1v) is 8.54. The molecule has 126 valence electrons. The second-order valence-electron chi connectivity index (χ2n) is 6.18. The maximum atomic E-state index is 13.1. The van der Waals surface area contributed by atoms with Crippen LogP contribution in [-0.4, -0.2) is 9.55 Å². The van der Waals surface area contributed by atoms with Crippen molar-refractivity contribution in [3.8, 4) is 28.2 Å². The number of hydrogen-bond donors (Lipinski definition) is 0. The lowest BCUT2D eigenvalue weighted by atomic mass is 10.0. The summed E-state index contributed by atoms with van der Waals surface area (Å²) < 4.78 is 1.69. The van der Waals surface area contributed by atoms with Gasteiger partial charge in [0.1, 0.15) is 5.82 Å². The molecule has 0 bridgehead atoms. The highest BCUT2D eigenvalue weighted by atomic mass is 16.1. The van der Waals surface area contributed by atoms with Gasteiger partial charge in [0, 0.05) is 12.3 Å². The molecule has 4 aromatic rings. The van der Waals surface area contributed by atoms with Crippen LogP contribution < -0.4 is 5.56 Å². The lowest BCUT2D eigenvalue weighted by molar-refractivity contribution is 0.936.